The first-order valence-corrected chi connectivity index (χ1v) is 10.7. The number of carbonyl (C=O) groups is 1. The molecule has 1 amide bonds. The Labute approximate surface area is 175 Å². The highest BCUT2D eigenvalue weighted by Gasteiger charge is 2.28. The third-order valence-electron chi connectivity index (χ3n) is 6.03. The maximum atomic E-state index is 12.9. The normalized spacial score (nSPS) is 22.0. The number of rotatable bonds is 6. The standard InChI is InChI=1S/C19H29N9O2/c1-13-7-9-27(10-8-13)12-15-16(22-26-28(15)18-17(20)24-30-25-18)19(29)23-21-11-14-5-3-2-4-6-14/h11,13,21H,2-10,12H2,1H3,(H2,20,24)(H,23,29)/p+1. The van der Waals surface area contributed by atoms with Gasteiger partial charge in [0.25, 0.3) is 5.91 Å². The molecule has 2 aromatic rings. The van der Waals surface area contributed by atoms with Crippen molar-refractivity contribution in [3.8, 4) is 5.82 Å². The van der Waals surface area contributed by atoms with Crippen molar-refractivity contribution in [3.63, 3.8) is 0 Å². The molecule has 0 radical (unpaired) electrons. The molecule has 3 heterocycles. The molecule has 11 heteroatoms. The van der Waals surface area contributed by atoms with Crippen LogP contribution in [0.3, 0.4) is 0 Å². The van der Waals surface area contributed by atoms with Gasteiger partial charge in [0.05, 0.1) is 13.1 Å². The number of nitrogens with two attached hydrogens (primary N) is 1. The van der Waals surface area contributed by atoms with E-state index in [2.05, 4.69) is 38.4 Å². The van der Waals surface area contributed by atoms with Crippen molar-refractivity contribution in [1.82, 2.24) is 36.2 Å². The summed E-state index contributed by atoms with van der Waals surface area (Å²) in [6, 6.07) is 0. The van der Waals surface area contributed by atoms with Crippen molar-refractivity contribution in [2.24, 2.45) is 5.92 Å². The highest BCUT2D eigenvalue weighted by Crippen LogP contribution is 2.21. The van der Waals surface area contributed by atoms with E-state index in [1.165, 1.54) is 34.4 Å². The molecule has 0 spiro atoms. The summed E-state index contributed by atoms with van der Waals surface area (Å²) >= 11 is 0. The topological polar surface area (TPSA) is 141 Å². The van der Waals surface area contributed by atoms with Gasteiger partial charge in [-0.15, -0.1) is 5.10 Å². The quantitative estimate of drug-likeness (QED) is 0.487. The number of likely N-dealkylation sites (tertiary alicyclic amines) is 1. The van der Waals surface area contributed by atoms with Crippen LogP contribution in [0.1, 0.15) is 68.1 Å². The molecule has 0 aromatic carbocycles. The van der Waals surface area contributed by atoms with E-state index in [1.807, 2.05) is 6.20 Å². The average Bonchev–Trinajstić information content (AvgIpc) is 3.36. The molecule has 2 aliphatic rings. The van der Waals surface area contributed by atoms with Crippen molar-refractivity contribution in [2.45, 2.75) is 58.4 Å². The van der Waals surface area contributed by atoms with Crippen LogP contribution in [0.4, 0.5) is 5.82 Å². The Hall–Kier alpha value is -2.95. The lowest BCUT2D eigenvalue weighted by atomic mass is 9.96. The maximum Gasteiger partial charge on any atom is 0.292 e. The summed E-state index contributed by atoms with van der Waals surface area (Å²) in [5.74, 6) is 0.741. The number of hydrogen-bond acceptors (Lipinski definition) is 8. The minimum Gasteiger partial charge on any atom is -0.378 e. The predicted molar refractivity (Wildman–Crippen MR) is 108 cm³/mol. The monoisotopic (exact) mass is 416 g/mol. The molecule has 0 unspecified atom stereocenters. The van der Waals surface area contributed by atoms with E-state index in [0.29, 0.717) is 12.2 Å². The fourth-order valence-electron chi connectivity index (χ4n) is 4.14. The van der Waals surface area contributed by atoms with E-state index in [-0.39, 0.29) is 23.2 Å². The molecule has 0 bridgehead atoms. The van der Waals surface area contributed by atoms with Gasteiger partial charge in [0.2, 0.25) is 11.6 Å². The summed E-state index contributed by atoms with van der Waals surface area (Å²) < 4.78 is 6.18. The largest absolute Gasteiger partial charge is 0.378 e. The zero-order valence-corrected chi connectivity index (χ0v) is 17.4. The van der Waals surface area contributed by atoms with Crippen LogP contribution in [0, 0.1) is 5.92 Å². The van der Waals surface area contributed by atoms with Crippen LogP contribution in [0.2, 0.25) is 0 Å². The lowest BCUT2D eigenvalue weighted by Gasteiger charge is -2.27. The molecular formula is C19H30N9O2+. The van der Waals surface area contributed by atoms with Gasteiger partial charge in [-0.05, 0) is 54.8 Å². The molecule has 1 saturated carbocycles. The Morgan fingerprint density at radius 1 is 1.27 bits per heavy atom. The van der Waals surface area contributed by atoms with E-state index < -0.39 is 0 Å². The Balaban J connectivity index is 1.52. The van der Waals surface area contributed by atoms with E-state index in [9.17, 15) is 4.79 Å². The Kier molecular flexibility index (Phi) is 6.26. The molecule has 4 rings (SSSR count). The number of carbonyl (C=O) groups excluding carboxylic acids is 1. The van der Waals surface area contributed by atoms with E-state index in [1.54, 1.807) is 0 Å². The Morgan fingerprint density at radius 3 is 2.73 bits per heavy atom. The van der Waals surface area contributed by atoms with Crippen LogP contribution >= 0.6 is 0 Å². The van der Waals surface area contributed by atoms with Crippen LogP contribution < -0.4 is 21.5 Å². The smallest absolute Gasteiger partial charge is 0.292 e. The summed E-state index contributed by atoms with van der Waals surface area (Å²) in [6.07, 6.45) is 10.0. The number of amides is 1. The van der Waals surface area contributed by atoms with Gasteiger partial charge in [-0.1, -0.05) is 24.1 Å². The average molecular weight is 417 g/mol. The third-order valence-corrected chi connectivity index (χ3v) is 6.03. The fourth-order valence-corrected chi connectivity index (χ4v) is 4.14. The first kappa shape index (κ1) is 20.3. The molecule has 11 nitrogen and oxygen atoms in total. The highest BCUT2D eigenvalue weighted by molar-refractivity contribution is 5.93. The van der Waals surface area contributed by atoms with Gasteiger partial charge >= 0.3 is 0 Å². The molecule has 1 aliphatic heterocycles. The van der Waals surface area contributed by atoms with Gasteiger partial charge in [0.15, 0.2) is 5.69 Å². The highest BCUT2D eigenvalue weighted by atomic mass is 16.6. The summed E-state index contributed by atoms with van der Waals surface area (Å²) in [4.78, 5) is 14.2. The molecule has 1 aliphatic carbocycles. The van der Waals surface area contributed by atoms with Crippen molar-refractivity contribution < 1.29 is 14.3 Å². The van der Waals surface area contributed by atoms with Crippen molar-refractivity contribution in [2.75, 3.05) is 18.8 Å². The number of piperidine rings is 1. The number of hydrogen-bond donors (Lipinski definition) is 4. The van der Waals surface area contributed by atoms with Crippen LogP contribution in [0.25, 0.3) is 5.82 Å². The second-order valence-corrected chi connectivity index (χ2v) is 8.34. The van der Waals surface area contributed by atoms with Crippen LogP contribution in [-0.2, 0) is 6.54 Å². The summed E-state index contributed by atoms with van der Waals surface area (Å²) in [7, 11) is 0. The SMILES string of the molecule is CC1CC[NH+](Cc2c(C(=O)NNC=C3CCCCC3)nnn2-c2nonc2N)CC1. The minimum atomic E-state index is -0.344. The third kappa shape index (κ3) is 4.61. The zero-order valence-electron chi connectivity index (χ0n) is 17.4. The zero-order chi connectivity index (χ0) is 20.9. The molecule has 162 valence electrons. The summed E-state index contributed by atoms with van der Waals surface area (Å²) in [5.41, 5.74) is 13.7. The number of quaternary nitrogens is 1. The maximum absolute atomic E-state index is 12.9. The van der Waals surface area contributed by atoms with Crippen LogP contribution in [0.15, 0.2) is 16.4 Å². The summed E-state index contributed by atoms with van der Waals surface area (Å²) in [5, 5.41) is 15.7. The first-order chi connectivity index (χ1) is 14.6. The van der Waals surface area contributed by atoms with Crippen LogP contribution in [-0.4, -0.2) is 44.3 Å². The minimum absolute atomic E-state index is 0.107. The number of aromatic nitrogens is 5. The number of nitrogens with one attached hydrogen (secondary N) is 3. The van der Waals surface area contributed by atoms with Gasteiger partial charge in [0, 0.05) is 6.20 Å². The fraction of sp³-hybridized carbons (Fsp3) is 0.632. The van der Waals surface area contributed by atoms with Crippen LogP contribution in [0.5, 0.6) is 0 Å². The Bertz CT molecular complexity index is 888. The molecule has 0 atom stereocenters. The molecule has 1 saturated heterocycles. The number of allylic oxidation sites excluding steroid dienone is 1. The predicted octanol–water partition coefficient (Wildman–Crippen LogP) is 0.130. The van der Waals surface area contributed by atoms with Gasteiger partial charge in [-0.2, -0.15) is 4.68 Å². The van der Waals surface area contributed by atoms with Gasteiger partial charge in [0.1, 0.15) is 12.2 Å². The molecule has 5 N–H and O–H groups in total. The second kappa shape index (κ2) is 9.24. The van der Waals surface area contributed by atoms with Crippen molar-refractivity contribution in [3.05, 3.63) is 23.2 Å². The lowest BCUT2D eigenvalue weighted by molar-refractivity contribution is -0.920. The van der Waals surface area contributed by atoms with Crippen molar-refractivity contribution >= 4 is 11.7 Å². The van der Waals surface area contributed by atoms with E-state index >= 15 is 0 Å². The second-order valence-electron chi connectivity index (χ2n) is 8.34. The first-order valence-electron chi connectivity index (χ1n) is 10.7. The molecule has 2 fully saturated rings. The Morgan fingerprint density at radius 2 is 2.03 bits per heavy atom. The van der Waals surface area contributed by atoms with Gasteiger partial charge in [-0.3, -0.25) is 10.2 Å². The van der Waals surface area contributed by atoms with Crippen molar-refractivity contribution in [1.29, 1.82) is 0 Å². The van der Waals surface area contributed by atoms with E-state index in [4.69, 9.17) is 10.4 Å². The number of nitrogens with zero attached hydrogens (tertiary/aromatic N) is 5. The molecular weight excluding hydrogens is 386 g/mol. The number of nitrogen functional groups attached to an aromatic ring is 1. The molecule has 30 heavy (non-hydrogen) atoms. The number of anilines is 1. The van der Waals surface area contributed by atoms with Gasteiger partial charge in [-0.25, -0.2) is 4.63 Å². The summed E-state index contributed by atoms with van der Waals surface area (Å²) in [6.45, 7) is 4.93. The molecule has 2 aromatic heterocycles. The van der Waals surface area contributed by atoms with Gasteiger partial charge < -0.3 is 16.1 Å². The lowest BCUT2D eigenvalue weighted by Crippen LogP contribution is -3.11. The van der Waals surface area contributed by atoms with E-state index in [0.717, 1.165) is 44.7 Å². The number of hydrazine groups is 1.